The van der Waals surface area contributed by atoms with Crippen LogP contribution in [0.25, 0.3) is 0 Å². The second kappa shape index (κ2) is 27.0. The second-order valence-corrected chi connectivity index (χ2v) is 15.4. The van der Waals surface area contributed by atoms with Crippen molar-refractivity contribution in [2.45, 2.75) is 166 Å². The predicted molar refractivity (Wildman–Crippen MR) is 229 cm³/mol. The van der Waals surface area contributed by atoms with Gasteiger partial charge in [0.1, 0.15) is 0 Å². The van der Waals surface area contributed by atoms with Crippen LogP contribution in [-0.4, -0.2) is 25.8 Å². The minimum absolute atomic E-state index is 0.00605. The molecule has 0 unspecified atom stereocenters. The largest absolute Gasteiger partial charge is 0.489 e. The number of hydrogen-bond acceptors (Lipinski definition) is 4. The van der Waals surface area contributed by atoms with Crippen molar-refractivity contribution in [3.05, 3.63) is 116 Å². The highest BCUT2D eigenvalue weighted by Gasteiger charge is 2.34. The molecule has 0 saturated heterocycles. The molecule has 0 aliphatic heterocycles. The Hall–Kier alpha value is -3.66. The first-order valence-electron chi connectivity index (χ1n) is 20.0. The summed E-state index contributed by atoms with van der Waals surface area (Å²) in [6.45, 7) is 21.7. The zero-order chi connectivity index (χ0) is 39.8. The first-order valence-corrected chi connectivity index (χ1v) is 20.0. The van der Waals surface area contributed by atoms with E-state index in [2.05, 4.69) is 111 Å². The van der Waals surface area contributed by atoms with Gasteiger partial charge in [-0.1, -0.05) is 93.2 Å². The molecule has 1 aliphatic rings. The molecular weight excluding hydrogens is 653 g/mol. The fourth-order valence-corrected chi connectivity index (χ4v) is 6.31. The Bertz CT molecular complexity index is 1520. The molecule has 0 radical (unpaired) electrons. The summed E-state index contributed by atoms with van der Waals surface area (Å²) in [5.74, 6) is -0.569. The van der Waals surface area contributed by atoms with Gasteiger partial charge >= 0.3 is 0 Å². The number of Topliss-reactive ketones (excluding diaryl/α,β-unsaturated/α-hetero) is 2. The molecular formula is C49H74O4. The van der Waals surface area contributed by atoms with Gasteiger partial charge in [0.15, 0.2) is 0 Å². The third kappa shape index (κ3) is 20.4. The van der Waals surface area contributed by atoms with Gasteiger partial charge < -0.3 is 9.47 Å². The smallest absolute Gasteiger partial charge is 0.228 e. The third-order valence-electron chi connectivity index (χ3n) is 10.0. The maximum Gasteiger partial charge on any atom is 0.228 e. The van der Waals surface area contributed by atoms with Gasteiger partial charge in [-0.2, -0.15) is 0 Å². The molecule has 4 nitrogen and oxygen atoms in total. The highest BCUT2D eigenvalue weighted by molar-refractivity contribution is 6.23. The maximum atomic E-state index is 12.9. The molecule has 0 bridgehead atoms. The number of ketones is 2. The Labute approximate surface area is 325 Å². The van der Waals surface area contributed by atoms with E-state index in [4.69, 9.17) is 9.47 Å². The number of carbonyl (C=O) groups is 2. The van der Waals surface area contributed by atoms with Crippen LogP contribution in [0.2, 0.25) is 0 Å². The summed E-state index contributed by atoms with van der Waals surface area (Å²) in [5.41, 5.74) is 12.4. The Balaban J connectivity index is 2.34. The van der Waals surface area contributed by atoms with Gasteiger partial charge in [0.05, 0.1) is 14.2 Å². The molecule has 0 N–H and O–H groups in total. The molecule has 0 aromatic carbocycles. The highest BCUT2D eigenvalue weighted by Crippen LogP contribution is 2.28. The lowest BCUT2D eigenvalue weighted by Gasteiger charge is -2.19. The minimum Gasteiger partial charge on any atom is -0.489 e. The van der Waals surface area contributed by atoms with Gasteiger partial charge in [-0.3, -0.25) is 9.59 Å². The lowest BCUT2D eigenvalue weighted by atomic mass is 9.90. The third-order valence-corrected chi connectivity index (χ3v) is 10.0. The van der Waals surface area contributed by atoms with E-state index >= 15 is 0 Å². The zero-order valence-corrected chi connectivity index (χ0v) is 35.9. The molecule has 53 heavy (non-hydrogen) atoms. The number of carbonyl (C=O) groups excluding carboxylic acids is 2. The molecule has 1 aliphatic carbocycles. The summed E-state index contributed by atoms with van der Waals surface area (Å²) in [4.78, 5) is 25.5. The number of methoxy groups -OCH3 is 2. The van der Waals surface area contributed by atoms with Gasteiger partial charge in [-0.05, 0) is 166 Å². The first kappa shape index (κ1) is 47.4. The van der Waals surface area contributed by atoms with Crippen LogP contribution in [0.3, 0.4) is 0 Å². The number of allylic oxidation sites excluding steroid dienone is 18. The van der Waals surface area contributed by atoms with Crippen LogP contribution in [0.15, 0.2) is 116 Å². The molecule has 0 aromatic heterocycles. The van der Waals surface area contributed by atoms with Crippen LogP contribution in [0.1, 0.15) is 166 Å². The molecule has 0 spiro atoms. The van der Waals surface area contributed by atoms with Crippen molar-refractivity contribution in [2.75, 3.05) is 14.2 Å². The van der Waals surface area contributed by atoms with E-state index in [0.717, 1.165) is 70.6 Å². The van der Waals surface area contributed by atoms with E-state index in [0.29, 0.717) is 17.6 Å². The van der Waals surface area contributed by atoms with Crippen molar-refractivity contribution in [3.63, 3.8) is 0 Å². The predicted octanol–water partition coefficient (Wildman–Crippen LogP) is 14.4. The molecule has 0 saturated carbocycles. The second-order valence-electron chi connectivity index (χ2n) is 15.4. The van der Waals surface area contributed by atoms with Crippen LogP contribution in [-0.2, 0) is 19.1 Å². The Morgan fingerprint density at radius 2 is 0.792 bits per heavy atom. The van der Waals surface area contributed by atoms with Gasteiger partial charge in [0.2, 0.25) is 23.1 Å². The van der Waals surface area contributed by atoms with Crippen molar-refractivity contribution in [1.29, 1.82) is 0 Å². The fraction of sp³-hybridized carbons (Fsp3) is 0.551. The Morgan fingerprint density at radius 1 is 0.453 bits per heavy atom. The van der Waals surface area contributed by atoms with Crippen LogP contribution in [0.4, 0.5) is 0 Å². The van der Waals surface area contributed by atoms with E-state index in [1.165, 1.54) is 78.1 Å². The maximum absolute atomic E-state index is 12.9. The molecule has 4 heteroatoms. The van der Waals surface area contributed by atoms with Crippen molar-refractivity contribution < 1.29 is 19.1 Å². The monoisotopic (exact) mass is 727 g/mol. The van der Waals surface area contributed by atoms with E-state index in [1.807, 2.05) is 0 Å². The van der Waals surface area contributed by atoms with Crippen molar-refractivity contribution in [1.82, 2.24) is 0 Å². The van der Waals surface area contributed by atoms with Crippen LogP contribution in [0, 0.1) is 0 Å². The number of rotatable bonds is 25. The molecule has 0 aromatic rings. The van der Waals surface area contributed by atoms with Gasteiger partial charge in [-0.25, -0.2) is 0 Å². The minimum atomic E-state index is -0.283. The first-order chi connectivity index (χ1) is 25.2. The average Bonchev–Trinajstić information content (AvgIpc) is 3.09. The van der Waals surface area contributed by atoms with Crippen molar-refractivity contribution in [2.24, 2.45) is 0 Å². The van der Waals surface area contributed by atoms with Gasteiger partial charge in [-0.15, -0.1) is 0 Å². The Kier molecular flexibility index (Phi) is 24.1. The average molecular weight is 727 g/mol. The number of ether oxygens (including phenoxy) is 2. The van der Waals surface area contributed by atoms with Crippen LogP contribution >= 0.6 is 0 Å². The van der Waals surface area contributed by atoms with Crippen LogP contribution < -0.4 is 0 Å². The van der Waals surface area contributed by atoms with Gasteiger partial charge in [0.25, 0.3) is 0 Å². The summed E-state index contributed by atoms with van der Waals surface area (Å²) in [6.07, 6.45) is 34.7. The van der Waals surface area contributed by atoms with Crippen molar-refractivity contribution >= 4 is 11.6 Å². The lowest BCUT2D eigenvalue weighted by Crippen LogP contribution is -2.24. The molecule has 294 valence electrons. The summed E-state index contributed by atoms with van der Waals surface area (Å²) in [5, 5.41) is 0. The van der Waals surface area contributed by atoms with Crippen LogP contribution in [0.5, 0.6) is 0 Å². The zero-order valence-electron chi connectivity index (χ0n) is 35.9. The standard InChI is InChI=1S/C49H74O4/c1-36(2)20-13-21-37(3)22-14-23-38(4)24-15-25-39(5)26-16-27-40(6)28-17-29-41(7)30-18-31-42(8)32-19-33-43(9)34-35-45-44(10)46(50)48(52-11)49(53-12)47(45)51/h20,22,24,26-27,30,32,34H,13-19,21,23,25,28-29,31,33,35H2,1-12H3/b37-22+,38-24+,39-26+,40-27?,41-30+,42-32+,43-34?. The summed E-state index contributed by atoms with van der Waals surface area (Å²) < 4.78 is 10.3. The number of hydrogen-bond donors (Lipinski definition) is 0. The lowest BCUT2D eigenvalue weighted by molar-refractivity contribution is -0.121. The summed E-state index contributed by atoms with van der Waals surface area (Å²) in [7, 11) is 2.77. The summed E-state index contributed by atoms with van der Waals surface area (Å²) in [6, 6.07) is 0. The molecule has 0 amide bonds. The topological polar surface area (TPSA) is 52.6 Å². The molecule has 1 rings (SSSR count). The molecule has 0 fully saturated rings. The van der Waals surface area contributed by atoms with E-state index < -0.39 is 0 Å². The van der Waals surface area contributed by atoms with E-state index in [9.17, 15) is 9.59 Å². The van der Waals surface area contributed by atoms with Crippen molar-refractivity contribution in [3.8, 4) is 0 Å². The van der Waals surface area contributed by atoms with E-state index in [1.54, 1.807) is 6.92 Å². The molecule has 0 atom stereocenters. The highest BCUT2D eigenvalue weighted by atomic mass is 16.5. The SMILES string of the molecule is COC1=C(OC)C(=O)C(CC=C(C)CC/C=C(\C)CC/C=C(\C)CCCC(C)=CC/C=C(\C)CC/C=C(\C)CC/C=C(\C)CCC=C(C)C)=C(C)C1=O. The quantitative estimate of drug-likeness (QED) is 0.0694. The normalized spacial score (nSPS) is 15.9. The summed E-state index contributed by atoms with van der Waals surface area (Å²) >= 11 is 0. The Morgan fingerprint density at radius 3 is 1.21 bits per heavy atom. The van der Waals surface area contributed by atoms with E-state index in [-0.39, 0.29) is 23.1 Å². The van der Waals surface area contributed by atoms with Gasteiger partial charge in [0, 0.05) is 11.1 Å². The fourth-order valence-electron chi connectivity index (χ4n) is 6.31. The molecule has 0 heterocycles.